The van der Waals surface area contributed by atoms with Gasteiger partial charge in [0.1, 0.15) is 0 Å². The number of rotatable bonds is 4. The molecule has 11 heavy (non-hydrogen) atoms. The van der Waals surface area contributed by atoms with E-state index in [2.05, 4.69) is 0 Å². The minimum Gasteiger partial charge on any atom is -0.396 e. The lowest BCUT2D eigenvalue weighted by atomic mass is 9.86. The summed E-state index contributed by atoms with van der Waals surface area (Å²) in [6.45, 7) is 6.31. The zero-order chi connectivity index (χ0) is 8.91. The molecule has 0 fully saturated rings. The van der Waals surface area contributed by atoms with Crippen LogP contribution in [-0.2, 0) is 0 Å². The monoisotopic (exact) mass is 160 g/mol. The van der Waals surface area contributed by atoms with Crippen molar-refractivity contribution in [2.75, 3.05) is 6.61 Å². The van der Waals surface area contributed by atoms with E-state index in [-0.39, 0.29) is 18.1 Å². The van der Waals surface area contributed by atoms with Gasteiger partial charge in [0.25, 0.3) is 0 Å². The fourth-order valence-electron chi connectivity index (χ4n) is 0.883. The van der Waals surface area contributed by atoms with E-state index in [1.54, 1.807) is 0 Å². The van der Waals surface area contributed by atoms with Gasteiger partial charge in [0.2, 0.25) is 0 Å². The number of aliphatic hydroxyl groups excluding tert-OH is 2. The lowest BCUT2D eigenvalue weighted by molar-refractivity contribution is 0.0523. The van der Waals surface area contributed by atoms with E-state index in [1.807, 2.05) is 20.8 Å². The molecule has 0 saturated carbocycles. The molecule has 0 aromatic heterocycles. The van der Waals surface area contributed by atoms with E-state index in [0.29, 0.717) is 0 Å². The van der Waals surface area contributed by atoms with Crippen molar-refractivity contribution < 1.29 is 10.2 Å². The smallest absolute Gasteiger partial charge is 0.0588 e. The number of hydrogen-bond donors (Lipinski definition) is 2. The van der Waals surface area contributed by atoms with Gasteiger partial charge >= 0.3 is 0 Å². The summed E-state index contributed by atoms with van der Waals surface area (Å²) in [6.07, 6.45) is 2.26. The van der Waals surface area contributed by atoms with Crippen LogP contribution in [0.1, 0.15) is 40.0 Å². The highest BCUT2D eigenvalue weighted by Gasteiger charge is 2.20. The van der Waals surface area contributed by atoms with E-state index >= 15 is 0 Å². The SMILES string of the molecule is CC(C)(C)C(O)CCCCO. The summed E-state index contributed by atoms with van der Waals surface area (Å²) in [5, 5.41) is 18.0. The Labute approximate surface area is 69.2 Å². The Morgan fingerprint density at radius 3 is 2.09 bits per heavy atom. The highest BCUT2D eigenvalue weighted by atomic mass is 16.3. The van der Waals surface area contributed by atoms with Crippen LogP contribution >= 0.6 is 0 Å². The Kier molecular flexibility index (Phi) is 4.69. The second kappa shape index (κ2) is 4.73. The van der Waals surface area contributed by atoms with Gasteiger partial charge in [-0.25, -0.2) is 0 Å². The topological polar surface area (TPSA) is 40.5 Å². The maximum atomic E-state index is 9.53. The molecule has 0 aliphatic heterocycles. The molecule has 0 rings (SSSR count). The Morgan fingerprint density at radius 1 is 1.18 bits per heavy atom. The standard InChI is InChI=1S/C9H20O2/c1-9(2,3)8(11)6-4-5-7-10/h8,10-11H,4-7H2,1-3H3. The van der Waals surface area contributed by atoms with Crippen LogP contribution in [0.5, 0.6) is 0 Å². The normalized spacial score (nSPS) is 15.0. The Balaban J connectivity index is 3.44. The van der Waals surface area contributed by atoms with E-state index in [4.69, 9.17) is 5.11 Å². The molecule has 0 heterocycles. The molecule has 1 atom stereocenters. The third-order valence-corrected chi connectivity index (χ3v) is 1.89. The van der Waals surface area contributed by atoms with Crippen LogP contribution in [0.25, 0.3) is 0 Å². The van der Waals surface area contributed by atoms with Gasteiger partial charge in [-0.2, -0.15) is 0 Å². The maximum absolute atomic E-state index is 9.53. The first kappa shape index (κ1) is 10.9. The fourth-order valence-corrected chi connectivity index (χ4v) is 0.883. The van der Waals surface area contributed by atoms with Crippen molar-refractivity contribution >= 4 is 0 Å². The van der Waals surface area contributed by atoms with Gasteiger partial charge in [0, 0.05) is 6.61 Å². The minimum atomic E-state index is -0.242. The van der Waals surface area contributed by atoms with Crippen LogP contribution in [-0.4, -0.2) is 22.9 Å². The molecule has 0 aliphatic carbocycles. The molecule has 0 aromatic rings. The molecule has 2 nitrogen and oxygen atoms in total. The largest absolute Gasteiger partial charge is 0.396 e. The van der Waals surface area contributed by atoms with Crippen LogP contribution in [0.2, 0.25) is 0 Å². The zero-order valence-corrected chi connectivity index (χ0v) is 7.80. The molecule has 0 radical (unpaired) electrons. The van der Waals surface area contributed by atoms with Gasteiger partial charge in [-0.1, -0.05) is 20.8 Å². The molecular formula is C9H20O2. The van der Waals surface area contributed by atoms with Crippen LogP contribution < -0.4 is 0 Å². The molecule has 0 bridgehead atoms. The predicted molar refractivity (Wildman–Crippen MR) is 46.4 cm³/mol. The molecule has 0 saturated heterocycles. The summed E-state index contributed by atoms with van der Waals surface area (Å²) in [6, 6.07) is 0. The lowest BCUT2D eigenvalue weighted by Crippen LogP contribution is -2.25. The van der Waals surface area contributed by atoms with Crippen molar-refractivity contribution in [2.24, 2.45) is 5.41 Å². The molecule has 0 aliphatic rings. The molecule has 0 spiro atoms. The lowest BCUT2D eigenvalue weighted by Gasteiger charge is -2.25. The van der Waals surface area contributed by atoms with Crippen molar-refractivity contribution in [2.45, 2.75) is 46.1 Å². The third kappa shape index (κ3) is 5.22. The number of aliphatic hydroxyl groups is 2. The summed E-state index contributed by atoms with van der Waals surface area (Å²) < 4.78 is 0. The van der Waals surface area contributed by atoms with Crippen LogP contribution in [0, 0.1) is 5.41 Å². The summed E-state index contributed by atoms with van der Waals surface area (Å²) in [5.41, 5.74) is -0.0184. The second-order valence-electron chi connectivity index (χ2n) is 4.10. The van der Waals surface area contributed by atoms with Gasteiger partial charge < -0.3 is 10.2 Å². The number of hydrogen-bond acceptors (Lipinski definition) is 2. The van der Waals surface area contributed by atoms with E-state index in [9.17, 15) is 5.11 Å². The first-order valence-corrected chi connectivity index (χ1v) is 4.27. The van der Waals surface area contributed by atoms with E-state index in [1.165, 1.54) is 0 Å². The van der Waals surface area contributed by atoms with Crippen molar-refractivity contribution in [3.8, 4) is 0 Å². The summed E-state index contributed by atoms with van der Waals surface area (Å²) in [5.74, 6) is 0. The van der Waals surface area contributed by atoms with Crippen LogP contribution in [0.15, 0.2) is 0 Å². The minimum absolute atomic E-state index is 0.0184. The van der Waals surface area contributed by atoms with Crippen molar-refractivity contribution in [1.29, 1.82) is 0 Å². The molecule has 0 amide bonds. The Bertz CT molecular complexity index is 94.2. The average molecular weight is 160 g/mol. The van der Waals surface area contributed by atoms with E-state index < -0.39 is 0 Å². The van der Waals surface area contributed by atoms with Gasteiger partial charge in [-0.15, -0.1) is 0 Å². The summed E-state index contributed by atoms with van der Waals surface area (Å²) in [7, 11) is 0. The average Bonchev–Trinajstić information content (AvgIpc) is 1.86. The first-order valence-electron chi connectivity index (χ1n) is 4.27. The maximum Gasteiger partial charge on any atom is 0.0588 e. The molecular weight excluding hydrogens is 140 g/mol. The van der Waals surface area contributed by atoms with Gasteiger partial charge in [-0.3, -0.25) is 0 Å². The van der Waals surface area contributed by atoms with Gasteiger partial charge in [-0.05, 0) is 24.7 Å². The van der Waals surface area contributed by atoms with Crippen molar-refractivity contribution in [1.82, 2.24) is 0 Å². The summed E-state index contributed by atoms with van der Waals surface area (Å²) in [4.78, 5) is 0. The zero-order valence-electron chi connectivity index (χ0n) is 7.80. The predicted octanol–water partition coefficient (Wildman–Crippen LogP) is 1.56. The van der Waals surface area contributed by atoms with Gasteiger partial charge in [0.15, 0.2) is 0 Å². The van der Waals surface area contributed by atoms with Crippen LogP contribution in [0.4, 0.5) is 0 Å². The number of unbranched alkanes of at least 4 members (excludes halogenated alkanes) is 1. The fraction of sp³-hybridized carbons (Fsp3) is 1.00. The van der Waals surface area contributed by atoms with Crippen molar-refractivity contribution in [3.05, 3.63) is 0 Å². The molecule has 68 valence electrons. The Hall–Kier alpha value is -0.0800. The highest BCUT2D eigenvalue weighted by Crippen LogP contribution is 2.22. The Morgan fingerprint density at radius 2 is 1.73 bits per heavy atom. The quantitative estimate of drug-likeness (QED) is 0.613. The second-order valence-corrected chi connectivity index (χ2v) is 4.10. The molecule has 2 N–H and O–H groups in total. The first-order chi connectivity index (χ1) is 4.98. The van der Waals surface area contributed by atoms with Gasteiger partial charge in [0.05, 0.1) is 6.10 Å². The molecule has 0 aromatic carbocycles. The molecule has 2 heteroatoms. The van der Waals surface area contributed by atoms with Crippen molar-refractivity contribution in [3.63, 3.8) is 0 Å². The van der Waals surface area contributed by atoms with E-state index in [0.717, 1.165) is 19.3 Å². The summed E-state index contributed by atoms with van der Waals surface area (Å²) >= 11 is 0. The molecule has 1 unspecified atom stereocenters. The highest BCUT2D eigenvalue weighted by molar-refractivity contribution is 4.72. The third-order valence-electron chi connectivity index (χ3n) is 1.89. The van der Waals surface area contributed by atoms with Crippen LogP contribution in [0.3, 0.4) is 0 Å².